The summed E-state index contributed by atoms with van der Waals surface area (Å²) in [7, 11) is 0. The number of tetrazole rings is 1. The van der Waals surface area contributed by atoms with Crippen LogP contribution in [0.2, 0.25) is 5.02 Å². The minimum absolute atomic E-state index is 0.0679. The van der Waals surface area contributed by atoms with Gasteiger partial charge in [0.2, 0.25) is 0 Å². The van der Waals surface area contributed by atoms with Crippen LogP contribution in [-0.2, 0) is 0 Å². The Bertz CT molecular complexity index is 439. The van der Waals surface area contributed by atoms with Crippen molar-refractivity contribution in [2.24, 2.45) is 5.73 Å². The molecule has 0 bridgehead atoms. The van der Waals surface area contributed by atoms with Crippen molar-refractivity contribution in [2.75, 3.05) is 6.54 Å². The molecule has 90 valence electrons. The fourth-order valence-corrected chi connectivity index (χ4v) is 1.86. The molecule has 6 heteroatoms. The average Bonchev–Trinajstić information content (AvgIpc) is 2.85. The highest BCUT2D eigenvalue weighted by molar-refractivity contribution is 6.30. The molecule has 1 atom stereocenters. The predicted molar refractivity (Wildman–Crippen MR) is 65.7 cm³/mol. The van der Waals surface area contributed by atoms with Crippen molar-refractivity contribution < 1.29 is 0 Å². The monoisotopic (exact) mass is 251 g/mol. The molecule has 2 rings (SSSR count). The lowest BCUT2D eigenvalue weighted by Gasteiger charge is -2.15. The molecule has 5 nitrogen and oxygen atoms in total. The summed E-state index contributed by atoms with van der Waals surface area (Å²) in [6.07, 6.45) is 3.23. The molecule has 0 amide bonds. The molecule has 2 aromatic rings. The quantitative estimate of drug-likeness (QED) is 0.877. The van der Waals surface area contributed by atoms with E-state index in [4.69, 9.17) is 17.3 Å². The Balaban J connectivity index is 2.23. The van der Waals surface area contributed by atoms with Gasteiger partial charge in [-0.25, -0.2) is 0 Å². The SMILES string of the molecule is NCCCC(c1ccc(Cl)cc1)n1ncnn1. The minimum Gasteiger partial charge on any atom is -0.330 e. The first-order valence-electron chi connectivity index (χ1n) is 5.49. The predicted octanol–water partition coefficient (Wildman–Crippen LogP) is 1.65. The average molecular weight is 252 g/mol. The number of aromatic nitrogens is 4. The standard InChI is InChI=1S/C11H14ClN5/c12-10-5-3-9(4-6-10)11(2-1-7-13)17-15-8-14-16-17/h3-6,8,11H,1-2,7,13H2. The van der Waals surface area contributed by atoms with E-state index in [1.807, 2.05) is 24.3 Å². The van der Waals surface area contributed by atoms with Gasteiger partial charge in [0.1, 0.15) is 0 Å². The van der Waals surface area contributed by atoms with Gasteiger partial charge >= 0.3 is 0 Å². The summed E-state index contributed by atoms with van der Waals surface area (Å²) in [5, 5.41) is 12.5. The molecule has 1 unspecified atom stereocenters. The highest BCUT2D eigenvalue weighted by Gasteiger charge is 2.15. The normalized spacial score (nSPS) is 12.6. The first-order valence-corrected chi connectivity index (χ1v) is 5.87. The Morgan fingerprint density at radius 3 is 2.65 bits per heavy atom. The molecule has 2 N–H and O–H groups in total. The summed E-state index contributed by atoms with van der Waals surface area (Å²) < 4.78 is 0. The van der Waals surface area contributed by atoms with Gasteiger partial charge in [0.25, 0.3) is 0 Å². The van der Waals surface area contributed by atoms with E-state index in [1.165, 1.54) is 6.33 Å². The third kappa shape index (κ3) is 3.01. The van der Waals surface area contributed by atoms with Crippen LogP contribution in [0.4, 0.5) is 0 Å². The van der Waals surface area contributed by atoms with Crippen LogP contribution in [0.3, 0.4) is 0 Å². The van der Waals surface area contributed by atoms with Crippen molar-refractivity contribution in [3.63, 3.8) is 0 Å². The van der Waals surface area contributed by atoms with E-state index in [0.29, 0.717) is 6.54 Å². The van der Waals surface area contributed by atoms with Crippen LogP contribution in [0.25, 0.3) is 0 Å². The van der Waals surface area contributed by atoms with Gasteiger partial charge in [-0.05, 0) is 42.3 Å². The van der Waals surface area contributed by atoms with Crippen molar-refractivity contribution in [1.82, 2.24) is 20.2 Å². The largest absolute Gasteiger partial charge is 0.330 e. The van der Waals surface area contributed by atoms with Gasteiger partial charge in [-0.1, -0.05) is 23.7 Å². The second kappa shape index (κ2) is 5.75. The zero-order valence-electron chi connectivity index (χ0n) is 9.33. The van der Waals surface area contributed by atoms with E-state index < -0.39 is 0 Å². The molecule has 0 radical (unpaired) electrons. The van der Waals surface area contributed by atoms with E-state index in [0.717, 1.165) is 23.4 Å². The molecular weight excluding hydrogens is 238 g/mol. The summed E-state index contributed by atoms with van der Waals surface area (Å²) in [5.74, 6) is 0. The zero-order chi connectivity index (χ0) is 12.1. The molecular formula is C11H14ClN5. The van der Waals surface area contributed by atoms with Gasteiger partial charge in [0.05, 0.1) is 6.04 Å². The molecule has 0 spiro atoms. The van der Waals surface area contributed by atoms with Gasteiger partial charge in [0, 0.05) is 5.02 Å². The summed E-state index contributed by atoms with van der Waals surface area (Å²) in [5.41, 5.74) is 6.66. The van der Waals surface area contributed by atoms with Gasteiger partial charge < -0.3 is 5.73 Å². The topological polar surface area (TPSA) is 69.6 Å². The van der Waals surface area contributed by atoms with Crippen LogP contribution in [0, 0.1) is 0 Å². The first kappa shape index (κ1) is 12.0. The first-order chi connectivity index (χ1) is 8.31. The van der Waals surface area contributed by atoms with E-state index in [2.05, 4.69) is 15.4 Å². The van der Waals surface area contributed by atoms with E-state index >= 15 is 0 Å². The van der Waals surface area contributed by atoms with E-state index in [9.17, 15) is 0 Å². The molecule has 0 fully saturated rings. The highest BCUT2D eigenvalue weighted by atomic mass is 35.5. The number of hydrogen-bond donors (Lipinski definition) is 1. The lowest BCUT2D eigenvalue weighted by Crippen LogP contribution is -2.15. The van der Waals surface area contributed by atoms with E-state index in [-0.39, 0.29) is 6.04 Å². The lowest BCUT2D eigenvalue weighted by atomic mass is 10.0. The van der Waals surface area contributed by atoms with Crippen LogP contribution >= 0.6 is 11.6 Å². The second-order valence-corrected chi connectivity index (χ2v) is 4.19. The van der Waals surface area contributed by atoms with Gasteiger partial charge in [-0.2, -0.15) is 4.80 Å². The molecule has 0 saturated carbocycles. The second-order valence-electron chi connectivity index (χ2n) is 3.75. The maximum absolute atomic E-state index is 5.88. The van der Waals surface area contributed by atoms with Crippen LogP contribution in [0.15, 0.2) is 30.6 Å². The van der Waals surface area contributed by atoms with Crippen molar-refractivity contribution in [3.8, 4) is 0 Å². The number of rotatable bonds is 5. The molecule has 17 heavy (non-hydrogen) atoms. The van der Waals surface area contributed by atoms with Crippen molar-refractivity contribution in [3.05, 3.63) is 41.2 Å². The summed E-state index contributed by atoms with van der Waals surface area (Å²) >= 11 is 5.88. The molecule has 1 heterocycles. The molecule has 0 aliphatic heterocycles. The Labute approximate surface area is 105 Å². The Kier molecular flexibility index (Phi) is 4.06. The number of hydrogen-bond acceptors (Lipinski definition) is 4. The lowest BCUT2D eigenvalue weighted by molar-refractivity contribution is 0.419. The molecule has 0 saturated heterocycles. The van der Waals surface area contributed by atoms with Gasteiger partial charge in [0.15, 0.2) is 6.33 Å². The van der Waals surface area contributed by atoms with Crippen LogP contribution in [0.5, 0.6) is 0 Å². The van der Waals surface area contributed by atoms with Crippen LogP contribution in [0.1, 0.15) is 24.4 Å². The Morgan fingerprint density at radius 2 is 2.06 bits per heavy atom. The van der Waals surface area contributed by atoms with Crippen molar-refractivity contribution in [2.45, 2.75) is 18.9 Å². The molecule has 1 aromatic heterocycles. The number of nitrogens with zero attached hydrogens (tertiary/aromatic N) is 4. The Morgan fingerprint density at radius 1 is 1.29 bits per heavy atom. The fraction of sp³-hybridized carbons (Fsp3) is 0.364. The maximum Gasteiger partial charge on any atom is 0.162 e. The molecule has 1 aromatic carbocycles. The third-order valence-corrected chi connectivity index (χ3v) is 2.83. The fourth-order valence-electron chi connectivity index (χ4n) is 1.73. The van der Waals surface area contributed by atoms with Gasteiger partial charge in [-0.15, -0.1) is 10.2 Å². The van der Waals surface area contributed by atoms with Crippen molar-refractivity contribution in [1.29, 1.82) is 0 Å². The third-order valence-electron chi connectivity index (χ3n) is 2.58. The van der Waals surface area contributed by atoms with Gasteiger partial charge in [-0.3, -0.25) is 0 Å². The number of halogens is 1. The van der Waals surface area contributed by atoms with Crippen molar-refractivity contribution >= 4 is 11.6 Å². The smallest absolute Gasteiger partial charge is 0.162 e. The highest BCUT2D eigenvalue weighted by Crippen LogP contribution is 2.22. The zero-order valence-corrected chi connectivity index (χ0v) is 10.1. The Hall–Kier alpha value is -1.46. The van der Waals surface area contributed by atoms with Crippen LogP contribution < -0.4 is 5.73 Å². The summed E-state index contributed by atoms with van der Waals surface area (Å²) in [6, 6.07) is 7.75. The summed E-state index contributed by atoms with van der Waals surface area (Å²) in [6.45, 7) is 0.652. The minimum atomic E-state index is 0.0679. The number of nitrogens with two attached hydrogens (primary N) is 1. The number of benzene rings is 1. The molecule has 0 aliphatic rings. The molecule has 0 aliphatic carbocycles. The maximum atomic E-state index is 5.88. The van der Waals surface area contributed by atoms with E-state index in [1.54, 1.807) is 4.80 Å². The summed E-state index contributed by atoms with van der Waals surface area (Å²) in [4.78, 5) is 1.61. The van der Waals surface area contributed by atoms with Crippen LogP contribution in [-0.4, -0.2) is 26.8 Å².